The molecule has 2 aromatic rings. The van der Waals surface area contributed by atoms with Crippen molar-refractivity contribution in [2.45, 2.75) is 18.5 Å². The SMILES string of the molecule is O=C(c1ccco1)C1CC1c1ccc(C(F)(F)F)cc1. The first-order valence-electron chi connectivity index (χ1n) is 6.21. The molecule has 0 saturated heterocycles. The molecule has 1 aromatic heterocycles. The molecule has 0 radical (unpaired) electrons. The van der Waals surface area contributed by atoms with Crippen molar-refractivity contribution in [2.24, 2.45) is 5.92 Å². The average Bonchev–Trinajstić information content (AvgIpc) is 3.02. The minimum Gasteiger partial charge on any atom is -0.461 e. The Morgan fingerprint density at radius 2 is 1.85 bits per heavy atom. The third-order valence-corrected chi connectivity index (χ3v) is 3.56. The van der Waals surface area contributed by atoms with Crippen LogP contribution in [0, 0.1) is 5.92 Å². The van der Waals surface area contributed by atoms with Crippen LogP contribution in [-0.4, -0.2) is 5.78 Å². The molecule has 1 aliphatic rings. The summed E-state index contributed by atoms with van der Waals surface area (Å²) in [5.41, 5.74) is 0.0960. The number of Topliss-reactive ketones (excluding diaryl/α,β-unsaturated/α-hetero) is 1. The number of carbonyl (C=O) groups excluding carboxylic acids is 1. The Bertz CT molecular complexity index is 612. The molecule has 0 amide bonds. The average molecular weight is 280 g/mol. The van der Waals surface area contributed by atoms with Gasteiger partial charge in [-0.2, -0.15) is 13.2 Å². The normalized spacial score (nSPS) is 21.8. The first-order valence-corrected chi connectivity index (χ1v) is 6.21. The molecule has 1 heterocycles. The lowest BCUT2D eigenvalue weighted by atomic mass is 10.0. The molecule has 0 spiro atoms. The molecule has 104 valence electrons. The van der Waals surface area contributed by atoms with Gasteiger partial charge >= 0.3 is 6.18 Å². The zero-order chi connectivity index (χ0) is 14.3. The molecule has 2 unspecified atom stereocenters. The summed E-state index contributed by atoms with van der Waals surface area (Å²) in [5, 5.41) is 0. The van der Waals surface area contributed by atoms with Gasteiger partial charge in [0.15, 0.2) is 5.76 Å². The van der Waals surface area contributed by atoms with Crippen LogP contribution >= 0.6 is 0 Å². The lowest BCUT2D eigenvalue weighted by Gasteiger charge is -2.07. The largest absolute Gasteiger partial charge is 0.461 e. The van der Waals surface area contributed by atoms with E-state index in [2.05, 4.69) is 0 Å². The van der Waals surface area contributed by atoms with Gasteiger partial charge in [-0.3, -0.25) is 4.79 Å². The van der Waals surface area contributed by atoms with Crippen molar-refractivity contribution in [1.29, 1.82) is 0 Å². The molecule has 5 heteroatoms. The van der Waals surface area contributed by atoms with Crippen molar-refractivity contribution in [3.63, 3.8) is 0 Å². The van der Waals surface area contributed by atoms with E-state index in [0.29, 0.717) is 12.2 Å². The van der Waals surface area contributed by atoms with Crippen LogP contribution < -0.4 is 0 Å². The summed E-state index contributed by atoms with van der Waals surface area (Å²) < 4.78 is 42.4. The van der Waals surface area contributed by atoms with Gasteiger partial charge < -0.3 is 4.42 Å². The quantitative estimate of drug-likeness (QED) is 0.785. The molecule has 2 atom stereocenters. The van der Waals surface area contributed by atoms with E-state index in [4.69, 9.17) is 4.42 Å². The molecule has 1 aromatic carbocycles. The number of hydrogen-bond donors (Lipinski definition) is 0. The summed E-state index contributed by atoms with van der Waals surface area (Å²) in [5.74, 6) is 0.0390. The first kappa shape index (κ1) is 13.0. The number of ketones is 1. The monoisotopic (exact) mass is 280 g/mol. The van der Waals surface area contributed by atoms with Gasteiger partial charge in [0, 0.05) is 5.92 Å². The lowest BCUT2D eigenvalue weighted by molar-refractivity contribution is -0.137. The van der Waals surface area contributed by atoms with Crippen LogP contribution in [0.25, 0.3) is 0 Å². The summed E-state index contributed by atoms with van der Waals surface area (Å²) in [6.45, 7) is 0. The summed E-state index contributed by atoms with van der Waals surface area (Å²) in [7, 11) is 0. The van der Waals surface area contributed by atoms with Crippen molar-refractivity contribution in [1.82, 2.24) is 0 Å². The number of halogens is 3. The highest BCUT2D eigenvalue weighted by atomic mass is 19.4. The molecule has 0 aliphatic heterocycles. The van der Waals surface area contributed by atoms with Crippen LogP contribution in [0.2, 0.25) is 0 Å². The fourth-order valence-electron chi connectivity index (χ4n) is 2.37. The fraction of sp³-hybridized carbons (Fsp3) is 0.267. The molecular weight excluding hydrogens is 269 g/mol. The zero-order valence-electron chi connectivity index (χ0n) is 10.4. The molecule has 3 rings (SSSR count). The number of benzene rings is 1. The Morgan fingerprint density at radius 3 is 2.40 bits per heavy atom. The number of furan rings is 1. The Balaban J connectivity index is 1.72. The summed E-state index contributed by atoms with van der Waals surface area (Å²) in [6.07, 6.45) is -2.24. The number of rotatable bonds is 3. The highest BCUT2D eigenvalue weighted by Gasteiger charge is 2.45. The highest BCUT2D eigenvalue weighted by Crippen LogP contribution is 2.49. The maximum absolute atomic E-state index is 12.5. The first-order chi connectivity index (χ1) is 9.47. The van der Waals surface area contributed by atoms with Gasteiger partial charge in [0.25, 0.3) is 0 Å². The van der Waals surface area contributed by atoms with Crippen molar-refractivity contribution < 1.29 is 22.4 Å². The van der Waals surface area contributed by atoms with Gasteiger partial charge in [-0.05, 0) is 42.2 Å². The number of hydrogen-bond acceptors (Lipinski definition) is 2. The number of carbonyl (C=O) groups is 1. The van der Waals surface area contributed by atoms with Crippen LogP contribution in [0.4, 0.5) is 13.2 Å². The summed E-state index contributed by atoms with van der Waals surface area (Å²) in [4.78, 5) is 12.0. The van der Waals surface area contributed by atoms with Gasteiger partial charge in [0.05, 0.1) is 11.8 Å². The second kappa shape index (κ2) is 4.51. The third kappa shape index (κ3) is 2.35. The van der Waals surface area contributed by atoms with Gasteiger partial charge in [0.1, 0.15) is 0 Å². The van der Waals surface area contributed by atoms with Crippen LogP contribution in [0.5, 0.6) is 0 Å². The maximum Gasteiger partial charge on any atom is 0.416 e. The summed E-state index contributed by atoms with van der Waals surface area (Å²) in [6, 6.07) is 8.25. The Hall–Kier alpha value is -2.04. The third-order valence-electron chi connectivity index (χ3n) is 3.56. The molecule has 0 bridgehead atoms. The van der Waals surface area contributed by atoms with E-state index < -0.39 is 11.7 Å². The summed E-state index contributed by atoms with van der Waals surface area (Å²) >= 11 is 0. The smallest absolute Gasteiger partial charge is 0.416 e. The van der Waals surface area contributed by atoms with Crippen molar-refractivity contribution in [2.75, 3.05) is 0 Å². The van der Waals surface area contributed by atoms with Crippen molar-refractivity contribution >= 4 is 5.78 Å². The van der Waals surface area contributed by atoms with Crippen LogP contribution in [0.3, 0.4) is 0 Å². The Labute approximate surface area is 113 Å². The molecule has 20 heavy (non-hydrogen) atoms. The highest BCUT2D eigenvalue weighted by molar-refractivity contribution is 5.98. The van der Waals surface area contributed by atoms with Crippen LogP contribution in [0.1, 0.15) is 34.0 Å². The van der Waals surface area contributed by atoms with E-state index in [1.165, 1.54) is 18.4 Å². The van der Waals surface area contributed by atoms with Gasteiger partial charge in [-0.25, -0.2) is 0 Å². The second-order valence-corrected chi connectivity index (χ2v) is 4.91. The minimum absolute atomic E-state index is 0.00474. The van der Waals surface area contributed by atoms with Crippen molar-refractivity contribution in [3.8, 4) is 0 Å². The van der Waals surface area contributed by atoms with E-state index >= 15 is 0 Å². The van der Waals surface area contributed by atoms with Crippen LogP contribution in [-0.2, 0) is 6.18 Å². The Morgan fingerprint density at radius 1 is 1.15 bits per heavy atom. The van der Waals surface area contributed by atoms with Gasteiger partial charge in [0.2, 0.25) is 5.78 Å². The zero-order valence-corrected chi connectivity index (χ0v) is 10.4. The lowest BCUT2D eigenvalue weighted by Crippen LogP contribution is -2.05. The van der Waals surface area contributed by atoms with E-state index in [1.54, 1.807) is 12.1 Å². The van der Waals surface area contributed by atoms with E-state index in [1.807, 2.05) is 0 Å². The number of alkyl halides is 3. The van der Waals surface area contributed by atoms with Gasteiger partial charge in [-0.15, -0.1) is 0 Å². The molecule has 2 nitrogen and oxygen atoms in total. The topological polar surface area (TPSA) is 30.2 Å². The van der Waals surface area contributed by atoms with E-state index in [9.17, 15) is 18.0 Å². The van der Waals surface area contributed by atoms with E-state index in [0.717, 1.165) is 17.7 Å². The van der Waals surface area contributed by atoms with Gasteiger partial charge in [-0.1, -0.05) is 12.1 Å². The molecular formula is C15H11F3O2. The standard InChI is InChI=1S/C15H11F3O2/c16-15(17,18)10-5-3-9(4-6-10)11-8-12(11)14(19)13-2-1-7-20-13/h1-7,11-12H,8H2. The predicted octanol–water partition coefficient (Wildman–Crippen LogP) is 4.28. The predicted molar refractivity (Wildman–Crippen MR) is 65.3 cm³/mol. The molecule has 1 aliphatic carbocycles. The molecule has 1 saturated carbocycles. The Kier molecular flexibility index (Phi) is 2.92. The fourth-order valence-corrected chi connectivity index (χ4v) is 2.37. The molecule has 0 N–H and O–H groups in total. The second-order valence-electron chi connectivity index (χ2n) is 4.91. The van der Waals surface area contributed by atoms with E-state index in [-0.39, 0.29) is 17.6 Å². The van der Waals surface area contributed by atoms with Crippen LogP contribution in [0.15, 0.2) is 47.1 Å². The minimum atomic E-state index is -4.33. The maximum atomic E-state index is 12.5. The molecule has 1 fully saturated rings. The van der Waals surface area contributed by atoms with Crippen molar-refractivity contribution in [3.05, 3.63) is 59.5 Å².